The van der Waals surface area contributed by atoms with Crippen LogP contribution >= 0.6 is 0 Å². The Morgan fingerprint density at radius 1 is 1.03 bits per heavy atom. The molecule has 0 fully saturated rings. The van der Waals surface area contributed by atoms with Gasteiger partial charge in [-0.2, -0.15) is 0 Å². The van der Waals surface area contributed by atoms with Crippen molar-refractivity contribution in [3.63, 3.8) is 0 Å². The number of H-pyrrole nitrogens is 1. The molecule has 0 radical (unpaired) electrons. The largest absolute Gasteiger partial charge is 0.462 e. The molecule has 0 aliphatic heterocycles. The zero-order valence-electron chi connectivity index (χ0n) is 17.9. The maximum Gasteiger partial charge on any atom is 0.329 e. The molecule has 1 aromatic carbocycles. The molecule has 0 spiro atoms. The van der Waals surface area contributed by atoms with Gasteiger partial charge in [0.1, 0.15) is 12.1 Å². The van der Waals surface area contributed by atoms with Crippen LogP contribution in [0.1, 0.15) is 46.1 Å². The first-order valence-electron chi connectivity index (χ1n) is 10.2. The van der Waals surface area contributed by atoms with E-state index in [-0.39, 0.29) is 37.4 Å². The molecule has 4 N–H and O–H groups in total. The Labute approximate surface area is 176 Å². The summed E-state index contributed by atoms with van der Waals surface area (Å²) in [6.45, 7) is 6.96. The minimum Gasteiger partial charge on any atom is -0.462 e. The van der Waals surface area contributed by atoms with Gasteiger partial charge >= 0.3 is 11.9 Å². The van der Waals surface area contributed by atoms with E-state index in [2.05, 4.69) is 10.3 Å². The highest BCUT2D eigenvalue weighted by Crippen LogP contribution is 2.19. The molecule has 2 aromatic rings. The van der Waals surface area contributed by atoms with Crippen molar-refractivity contribution < 1.29 is 23.9 Å². The average molecular weight is 418 g/mol. The van der Waals surface area contributed by atoms with Gasteiger partial charge in [-0.05, 0) is 45.7 Å². The van der Waals surface area contributed by atoms with E-state index in [9.17, 15) is 14.4 Å². The number of esters is 2. The molecule has 2 rings (SSSR count). The normalized spacial score (nSPS) is 13.3. The summed E-state index contributed by atoms with van der Waals surface area (Å²) in [6, 6.07) is 5.98. The van der Waals surface area contributed by atoms with E-state index in [0.29, 0.717) is 0 Å². The van der Waals surface area contributed by atoms with Crippen LogP contribution in [0.2, 0.25) is 0 Å². The number of rotatable bonds is 10. The second-order valence-electron chi connectivity index (χ2n) is 7.80. The lowest BCUT2D eigenvalue weighted by atomic mass is 10.0. The highest BCUT2D eigenvalue weighted by molar-refractivity contribution is 5.87. The van der Waals surface area contributed by atoms with E-state index in [4.69, 9.17) is 15.2 Å². The lowest BCUT2D eigenvalue weighted by molar-refractivity contribution is -0.152. The molecule has 30 heavy (non-hydrogen) atoms. The Kier molecular flexibility index (Phi) is 8.41. The predicted octanol–water partition coefficient (Wildman–Crippen LogP) is 2.21. The van der Waals surface area contributed by atoms with Crippen LogP contribution in [0.5, 0.6) is 0 Å². The second kappa shape index (κ2) is 10.8. The van der Waals surface area contributed by atoms with Crippen molar-refractivity contribution in [3.05, 3.63) is 36.0 Å². The number of benzene rings is 1. The lowest BCUT2D eigenvalue weighted by Crippen LogP contribution is -2.44. The number of aromatic amines is 1. The predicted molar refractivity (Wildman–Crippen MR) is 114 cm³/mol. The van der Waals surface area contributed by atoms with Crippen LogP contribution in [0, 0.1) is 0 Å². The molecule has 0 aliphatic rings. The van der Waals surface area contributed by atoms with E-state index in [1.165, 1.54) is 0 Å². The first-order valence-corrected chi connectivity index (χ1v) is 10.2. The fourth-order valence-electron chi connectivity index (χ4n) is 3.02. The highest BCUT2D eigenvalue weighted by Gasteiger charge is 2.26. The molecule has 1 heterocycles. The van der Waals surface area contributed by atoms with Gasteiger partial charge in [0.05, 0.1) is 12.2 Å². The number of nitrogens with one attached hydrogen (secondary N) is 2. The molecule has 1 aromatic heterocycles. The number of carbonyl (C=O) groups is 3. The van der Waals surface area contributed by atoms with Gasteiger partial charge in [0.25, 0.3) is 0 Å². The third-order valence-electron chi connectivity index (χ3n) is 4.41. The smallest absolute Gasteiger partial charge is 0.329 e. The molecule has 1 amide bonds. The minimum atomic E-state index is -0.896. The summed E-state index contributed by atoms with van der Waals surface area (Å²) in [5, 5.41) is 3.70. The van der Waals surface area contributed by atoms with Crippen LogP contribution in [0.4, 0.5) is 0 Å². The average Bonchev–Trinajstić information content (AvgIpc) is 3.07. The van der Waals surface area contributed by atoms with Gasteiger partial charge < -0.3 is 25.5 Å². The number of para-hydroxylation sites is 1. The number of hydrogen-bond acceptors (Lipinski definition) is 6. The van der Waals surface area contributed by atoms with E-state index in [1.54, 1.807) is 27.7 Å². The summed E-state index contributed by atoms with van der Waals surface area (Å²) in [4.78, 5) is 40.0. The Morgan fingerprint density at radius 3 is 2.33 bits per heavy atom. The van der Waals surface area contributed by atoms with Crippen LogP contribution in [-0.2, 0) is 30.3 Å². The molecule has 0 bridgehead atoms. The van der Waals surface area contributed by atoms with Crippen molar-refractivity contribution in [3.8, 4) is 0 Å². The van der Waals surface area contributed by atoms with Gasteiger partial charge in [0.2, 0.25) is 5.91 Å². The summed E-state index contributed by atoms with van der Waals surface area (Å²) < 4.78 is 10.4. The monoisotopic (exact) mass is 417 g/mol. The van der Waals surface area contributed by atoms with Gasteiger partial charge in [0, 0.05) is 29.9 Å². The Balaban J connectivity index is 2.03. The zero-order chi connectivity index (χ0) is 22.3. The Hall–Kier alpha value is -2.87. The lowest BCUT2D eigenvalue weighted by Gasteiger charge is -2.20. The first kappa shape index (κ1) is 23.4. The summed E-state index contributed by atoms with van der Waals surface area (Å²) in [5.74, 6) is -1.44. The molecular weight excluding hydrogens is 386 g/mol. The number of hydrogen-bond donors (Lipinski definition) is 3. The van der Waals surface area contributed by atoms with Crippen molar-refractivity contribution in [1.29, 1.82) is 0 Å². The summed E-state index contributed by atoms with van der Waals surface area (Å²) >= 11 is 0. The van der Waals surface area contributed by atoms with Gasteiger partial charge in [-0.15, -0.1) is 0 Å². The fourth-order valence-corrected chi connectivity index (χ4v) is 3.02. The summed E-state index contributed by atoms with van der Waals surface area (Å²) in [6.07, 6.45) is 1.64. The molecular formula is C22H31N3O5. The van der Waals surface area contributed by atoms with E-state index >= 15 is 0 Å². The maximum absolute atomic E-state index is 12.6. The van der Waals surface area contributed by atoms with E-state index in [1.807, 2.05) is 30.5 Å². The number of aromatic nitrogens is 1. The number of fused-ring (bicyclic) bond motifs is 1. The highest BCUT2D eigenvalue weighted by atomic mass is 16.5. The molecule has 0 saturated carbocycles. The zero-order valence-corrected chi connectivity index (χ0v) is 17.9. The van der Waals surface area contributed by atoms with Gasteiger partial charge in [-0.25, -0.2) is 4.79 Å². The van der Waals surface area contributed by atoms with Crippen LogP contribution < -0.4 is 11.1 Å². The van der Waals surface area contributed by atoms with E-state index < -0.39 is 24.0 Å². The van der Waals surface area contributed by atoms with Gasteiger partial charge in [-0.1, -0.05) is 18.2 Å². The van der Waals surface area contributed by atoms with Crippen molar-refractivity contribution in [2.75, 3.05) is 0 Å². The minimum absolute atomic E-state index is 0.00624. The molecule has 2 atom stereocenters. The first-order chi connectivity index (χ1) is 14.2. The standard InChI is InChI=1S/C22H31N3O5/c1-13(2)29-21(27)17(23)9-10-20(26)25-19(22(28)30-14(3)4)11-15-12-24-18-8-6-5-7-16(15)18/h5-8,12-14,17,19,24H,9-11,23H2,1-4H3,(H,25,26)/t17-,19-/m1/s1. The van der Waals surface area contributed by atoms with Gasteiger partial charge in [-0.3, -0.25) is 9.59 Å². The maximum atomic E-state index is 12.6. The number of ether oxygens (including phenoxy) is 2. The molecule has 0 unspecified atom stereocenters. The topological polar surface area (TPSA) is 124 Å². The van der Waals surface area contributed by atoms with Crippen molar-refractivity contribution in [2.45, 2.75) is 71.2 Å². The quantitative estimate of drug-likeness (QED) is 0.509. The summed E-state index contributed by atoms with van der Waals surface area (Å²) in [5.41, 5.74) is 7.64. The van der Waals surface area contributed by atoms with E-state index in [0.717, 1.165) is 16.5 Å². The fraction of sp³-hybridized carbons (Fsp3) is 0.500. The Morgan fingerprint density at radius 2 is 1.67 bits per heavy atom. The number of amides is 1. The van der Waals surface area contributed by atoms with Crippen molar-refractivity contribution in [1.82, 2.24) is 10.3 Å². The molecule has 0 saturated heterocycles. The number of nitrogens with two attached hydrogens (primary N) is 1. The molecule has 8 nitrogen and oxygen atoms in total. The number of carbonyl (C=O) groups excluding carboxylic acids is 3. The van der Waals surface area contributed by atoms with Crippen molar-refractivity contribution >= 4 is 28.7 Å². The van der Waals surface area contributed by atoms with Crippen molar-refractivity contribution in [2.24, 2.45) is 5.73 Å². The Bertz CT molecular complexity index is 875. The van der Waals surface area contributed by atoms with Crippen LogP contribution in [-0.4, -0.2) is 47.1 Å². The SMILES string of the molecule is CC(C)OC(=O)[C@H](N)CCC(=O)N[C@H](Cc1c[nH]c2ccccc12)C(=O)OC(C)C. The summed E-state index contributed by atoms with van der Waals surface area (Å²) in [7, 11) is 0. The second-order valence-corrected chi connectivity index (χ2v) is 7.80. The van der Waals surface area contributed by atoms with Crippen LogP contribution in [0.25, 0.3) is 10.9 Å². The molecule has 164 valence electrons. The third kappa shape index (κ3) is 6.88. The third-order valence-corrected chi connectivity index (χ3v) is 4.41. The molecule has 8 heteroatoms. The van der Waals surface area contributed by atoms with Crippen LogP contribution in [0.3, 0.4) is 0 Å². The van der Waals surface area contributed by atoms with Gasteiger partial charge in [0.15, 0.2) is 0 Å². The van der Waals surface area contributed by atoms with Crippen LogP contribution in [0.15, 0.2) is 30.5 Å². The molecule has 0 aliphatic carbocycles.